The number of halogens is 1. The van der Waals surface area contributed by atoms with Gasteiger partial charge in [-0.2, -0.15) is 0 Å². The molecule has 0 aliphatic carbocycles. The van der Waals surface area contributed by atoms with E-state index in [4.69, 9.17) is 4.74 Å². The van der Waals surface area contributed by atoms with Crippen LogP contribution >= 0.6 is 39.0 Å². The number of carbonyl (C=O) groups excluding carboxylic acids is 1. The SMILES string of the molecule is CSc1nnc(NC(=O)CCCOc2ccc(C(C)C)cc2Br)s1. The second-order valence-corrected chi connectivity index (χ2v) is 8.31. The van der Waals surface area contributed by atoms with Gasteiger partial charge in [0.1, 0.15) is 5.75 Å². The first-order chi connectivity index (χ1) is 11.5. The molecule has 0 atom stereocenters. The van der Waals surface area contributed by atoms with Crippen LogP contribution in [0.15, 0.2) is 27.0 Å². The molecule has 2 aromatic rings. The molecule has 1 aromatic carbocycles. The summed E-state index contributed by atoms with van der Waals surface area (Å²) < 4.78 is 7.52. The van der Waals surface area contributed by atoms with Crippen LogP contribution < -0.4 is 10.1 Å². The number of anilines is 1. The Hall–Kier alpha value is -1.12. The van der Waals surface area contributed by atoms with Crippen LogP contribution in [0.2, 0.25) is 0 Å². The monoisotopic (exact) mass is 429 g/mol. The summed E-state index contributed by atoms with van der Waals surface area (Å²) in [4.78, 5) is 11.9. The lowest BCUT2D eigenvalue weighted by atomic mass is 10.0. The van der Waals surface area contributed by atoms with E-state index < -0.39 is 0 Å². The zero-order valence-corrected chi connectivity index (χ0v) is 17.1. The highest BCUT2D eigenvalue weighted by molar-refractivity contribution is 9.10. The van der Waals surface area contributed by atoms with Crippen molar-refractivity contribution < 1.29 is 9.53 Å². The Kier molecular flexibility index (Phi) is 7.51. The highest BCUT2D eigenvalue weighted by atomic mass is 79.9. The largest absolute Gasteiger partial charge is 0.492 e. The summed E-state index contributed by atoms with van der Waals surface area (Å²) in [6, 6.07) is 6.10. The van der Waals surface area contributed by atoms with Crippen LogP contribution in [-0.4, -0.2) is 29.0 Å². The van der Waals surface area contributed by atoms with Crippen LogP contribution in [0.1, 0.15) is 38.2 Å². The molecule has 0 aliphatic rings. The van der Waals surface area contributed by atoms with Crippen LogP contribution in [0.3, 0.4) is 0 Å². The third-order valence-electron chi connectivity index (χ3n) is 3.26. The molecule has 130 valence electrons. The molecule has 0 bridgehead atoms. The molecule has 1 heterocycles. The molecule has 24 heavy (non-hydrogen) atoms. The van der Waals surface area contributed by atoms with Crippen LogP contribution in [0.5, 0.6) is 5.75 Å². The first-order valence-corrected chi connectivity index (χ1v) is 10.4. The molecule has 0 unspecified atom stereocenters. The molecule has 0 saturated heterocycles. The molecule has 1 N–H and O–H groups in total. The van der Waals surface area contributed by atoms with Crippen LogP contribution in [0.25, 0.3) is 0 Å². The van der Waals surface area contributed by atoms with E-state index in [2.05, 4.69) is 57.4 Å². The number of ether oxygens (including phenoxy) is 1. The molecular formula is C16H20BrN3O2S2. The maximum absolute atomic E-state index is 11.9. The van der Waals surface area contributed by atoms with Gasteiger partial charge in [0.15, 0.2) is 4.34 Å². The fraction of sp³-hybridized carbons (Fsp3) is 0.438. The summed E-state index contributed by atoms with van der Waals surface area (Å²) >= 11 is 6.41. The lowest BCUT2D eigenvalue weighted by molar-refractivity contribution is -0.116. The first-order valence-electron chi connectivity index (χ1n) is 7.59. The molecule has 5 nitrogen and oxygen atoms in total. The van der Waals surface area contributed by atoms with E-state index >= 15 is 0 Å². The van der Waals surface area contributed by atoms with E-state index in [9.17, 15) is 4.79 Å². The van der Waals surface area contributed by atoms with Crippen molar-refractivity contribution in [3.8, 4) is 5.75 Å². The average molecular weight is 430 g/mol. The lowest BCUT2D eigenvalue weighted by Crippen LogP contribution is -2.12. The number of benzene rings is 1. The van der Waals surface area contributed by atoms with Crippen molar-refractivity contribution in [1.82, 2.24) is 10.2 Å². The van der Waals surface area contributed by atoms with E-state index in [1.807, 2.05) is 12.3 Å². The molecule has 0 radical (unpaired) electrons. The van der Waals surface area contributed by atoms with E-state index in [0.29, 0.717) is 30.5 Å². The van der Waals surface area contributed by atoms with Crippen molar-refractivity contribution >= 4 is 50.1 Å². The summed E-state index contributed by atoms with van der Waals surface area (Å²) in [7, 11) is 0. The third kappa shape index (κ3) is 5.75. The molecular weight excluding hydrogens is 410 g/mol. The first kappa shape index (κ1) is 19.2. The number of amides is 1. The van der Waals surface area contributed by atoms with Crippen LogP contribution in [-0.2, 0) is 4.79 Å². The normalized spacial score (nSPS) is 10.9. The molecule has 1 aromatic heterocycles. The van der Waals surface area contributed by atoms with E-state index in [1.54, 1.807) is 0 Å². The Balaban J connectivity index is 1.73. The van der Waals surface area contributed by atoms with Gasteiger partial charge in [0.25, 0.3) is 0 Å². The van der Waals surface area contributed by atoms with Gasteiger partial charge in [0.2, 0.25) is 11.0 Å². The number of thioether (sulfide) groups is 1. The number of aromatic nitrogens is 2. The van der Waals surface area contributed by atoms with Crippen molar-refractivity contribution in [2.75, 3.05) is 18.2 Å². The predicted octanol–water partition coefficient (Wildman–Crippen LogP) is 4.94. The fourth-order valence-electron chi connectivity index (χ4n) is 1.93. The Morgan fingerprint density at radius 3 is 2.83 bits per heavy atom. The minimum atomic E-state index is -0.0726. The second-order valence-electron chi connectivity index (χ2n) is 5.42. The Morgan fingerprint density at radius 1 is 1.42 bits per heavy atom. The maximum atomic E-state index is 11.9. The predicted molar refractivity (Wildman–Crippen MR) is 103 cm³/mol. The van der Waals surface area contributed by atoms with Crippen LogP contribution in [0, 0.1) is 0 Å². The average Bonchev–Trinajstić information content (AvgIpc) is 3.00. The van der Waals surface area contributed by atoms with Gasteiger partial charge in [0.05, 0.1) is 11.1 Å². The molecule has 1 amide bonds. The summed E-state index contributed by atoms with van der Waals surface area (Å²) in [5, 5.41) is 11.1. The van der Waals surface area contributed by atoms with Crippen molar-refractivity contribution in [2.24, 2.45) is 0 Å². The summed E-state index contributed by atoms with van der Waals surface area (Å²) in [6.45, 7) is 4.79. The van der Waals surface area contributed by atoms with Gasteiger partial charge in [-0.25, -0.2) is 0 Å². The molecule has 0 aliphatic heterocycles. The minimum absolute atomic E-state index is 0.0726. The highest BCUT2D eigenvalue weighted by Gasteiger charge is 2.09. The van der Waals surface area contributed by atoms with Gasteiger partial charge in [-0.3, -0.25) is 4.79 Å². The molecule has 8 heteroatoms. The topological polar surface area (TPSA) is 64.1 Å². The van der Waals surface area contributed by atoms with Gasteiger partial charge in [0, 0.05) is 6.42 Å². The van der Waals surface area contributed by atoms with Crippen molar-refractivity contribution in [3.63, 3.8) is 0 Å². The number of carbonyl (C=O) groups is 1. The van der Waals surface area contributed by atoms with Gasteiger partial charge in [-0.1, -0.05) is 43.0 Å². The van der Waals surface area contributed by atoms with Crippen LogP contribution in [0.4, 0.5) is 5.13 Å². The maximum Gasteiger partial charge on any atom is 0.226 e. The third-order valence-corrected chi connectivity index (χ3v) is 5.69. The second kappa shape index (κ2) is 9.39. The fourth-order valence-corrected chi connectivity index (χ4v) is 3.63. The number of nitrogens with zero attached hydrogens (tertiary/aromatic N) is 2. The van der Waals surface area contributed by atoms with Gasteiger partial charge in [-0.15, -0.1) is 10.2 Å². The summed E-state index contributed by atoms with van der Waals surface area (Å²) in [6.07, 6.45) is 2.95. The zero-order chi connectivity index (χ0) is 17.5. The number of hydrogen-bond acceptors (Lipinski definition) is 6. The summed E-state index contributed by atoms with van der Waals surface area (Å²) in [5.74, 6) is 1.20. The molecule has 0 spiro atoms. The van der Waals surface area contributed by atoms with E-state index in [-0.39, 0.29) is 5.91 Å². The van der Waals surface area contributed by atoms with Gasteiger partial charge < -0.3 is 10.1 Å². The Labute approximate surface area is 158 Å². The van der Waals surface area contributed by atoms with Crippen molar-refractivity contribution in [3.05, 3.63) is 28.2 Å². The van der Waals surface area contributed by atoms with E-state index in [0.717, 1.165) is 14.6 Å². The van der Waals surface area contributed by atoms with Crippen molar-refractivity contribution in [1.29, 1.82) is 0 Å². The number of nitrogens with one attached hydrogen (secondary N) is 1. The summed E-state index contributed by atoms with van der Waals surface area (Å²) in [5.41, 5.74) is 1.26. The standard InChI is InChI=1S/C16H20BrN3O2S2/c1-10(2)11-6-7-13(12(17)9-11)22-8-4-5-14(21)18-15-19-20-16(23-3)24-15/h6-7,9-10H,4-5,8H2,1-3H3,(H,18,19,21). The quantitative estimate of drug-likeness (QED) is 0.365. The van der Waals surface area contributed by atoms with Gasteiger partial charge >= 0.3 is 0 Å². The molecule has 2 rings (SSSR count). The Morgan fingerprint density at radius 2 is 2.21 bits per heavy atom. The lowest BCUT2D eigenvalue weighted by Gasteiger charge is -2.11. The minimum Gasteiger partial charge on any atom is -0.492 e. The zero-order valence-electron chi connectivity index (χ0n) is 13.8. The highest BCUT2D eigenvalue weighted by Crippen LogP contribution is 2.29. The number of rotatable bonds is 8. The smallest absolute Gasteiger partial charge is 0.226 e. The Bertz CT molecular complexity index is 692. The molecule has 0 fully saturated rings. The van der Waals surface area contributed by atoms with Gasteiger partial charge in [-0.05, 0) is 52.2 Å². The van der Waals surface area contributed by atoms with E-state index in [1.165, 1.54) is 28.7 Å². The number of hydrogen-bond donors (Lipinski definition) is 1. The van der Waals surface area contributed by atoms with Crippen molar-refractivity contribution in [2.45, 2.75) is 36.9 Å². The molecule has 0 saturated carbocycles.